The third-order valence-electron chi connectivity index (χ3n) is 3.76. The van der Waals surface area contributed by atoms with Crippen molar-refractivity contribution in [2.75, 3.05) is 6.54 Å². The SMILES string of the molecule is CCC(C)(C)CNC(=O)c1cc(S(N)(=O)=O)c(C)cc1C. The summed E-state index contributed by atoms with van der Waals surface area (Å²) < 4.78 is 23.1. The minimum Gasteiger partial charge on any atom is -0.351 e. The molecular formula is C15H24N2O3S. The number of nitrogens with two attached hydrogens (primary N) is 1. The van der Waals surface area contributed by atoms with E-state index >= 15 is 0 Å². The monoisotopic (exact) mass is 312 g/mol. The van der Waals surface area contributed by atoms with Crippen molar-refractivity contribution < 1.29 is 13.2 Å². The molecule has 0 saturated heterocycles. The minimum atomic E-state index is -3.83. The molecular weight excluding hydrogens is 288 g/mol. The fraction of sp³-hybridized carbons (Fsp3) is 0.533. The first-order valence-electron chi connectivity index (χ1n) is 6.90. The Bertz CT molecular complexity index is 649. The van der Waals surface area contributed by atoms with E-state index in [1.165, 1.54) is 6.07 Å². The van der Waals surface area contributed by atoms with Gasteiger partial charge in [-0.15, -0.1) is 0 Å². The third-order valence-corrected chi connectivity index (χ3v) is 4.81. The number of hydrogen-bond donors (Lipinski definition) is 2. The number of hydrogen-bond acceptors (Lipinski definition) is 3. The predicted molar refractivity (Wildman–Crippen MR) is 83.7 cm³/mol. The number of carbonyl (C=O) groups excluding carboxylic acids is 1. The van der Waals surface area contributed by atoms with Crippen molar-refractivity contribution in [2.24, 2.45) is 10.6 Å². The minimum absolute atomic E-state index is 0.00294. The van der Waals surface area contributed by atoms with E-state index in [1.807, 2.05) is 0 Å². The topological polar surface area (TPSA) is 89.3 Å². The van der Waals surface area contributed by atoms with Gasteiger partial charge in [-0.3, -0.25) is 4.79 Å². The van der Waals surface area contributed by atoms with Crippen LogP contribution in [0, 0.1) is 19.3 Å². The zero-order valence-electron chi connectivity index (χ0n) is 13.3. The summed E-state index contributed by atoms with van der Waals surface area (Å²) in [4.78, 5) is 12.3. The van der Waals surface area contributed by atoms with Gasteiger partial charge < -0.3 is 5.32 Å². The molecule has 0 aliphatic carbocycles. The number of carbonyl (C=O) groups is 1. The van der Waals surface area contributed by atoms with Gasteiger partial charge in [0.15, 0.2) is 0 Å². The first-order chi connectivity index (χ1) is 9.48. The van der Waals surface area contributed by atoms with Gasteiger partial charge in [0.1, 0.15) is 0 Å². The normalized spacial score (nSPS) is 12.3. The van der Waals surface area contributed by atoms with Crippen LogP contribution in [0.1, 0.15) is 48.7 Å². The Morgan fingerprint density at radius 1 is 1.24 bits per heavy atom. The number of benzene rings is 1. The van der Waals surface area contributed by atoms with Crippen LogP contribution in [0.25, 0.3) is 0 Å². The standard InChI is InChI=1S/C15H24N2O3S/c1-6-15(4,5)9-17-14(18)12-8-13(21(16,19)20)11(3)7-10(12)2/h7-8H,6,9H2,1-5H3,(H,17,18)(H2,16,19,20). The van der Waals surface area contributed by atoms with Crippen LogP contribution in [0.15, 0.2) is 17.0 Å². The van der Waals surface area contributed by atoms with Gasteiger partial charge in [0.2, 0.25) is 10.0 Å². The second-order valence-electron chi connectivity index (χ2n) is 6.18. The second kappa shape index (κ2) is 6.15. The predicted octanol–water partition coefficient (Wildman–Crippen LogP) is 2.12. The lowest BCUT2D eigenvalue weighted by Crippen LogP contribution is -2.34. The fourth-order valence-corrected chi connectivity index (χ4v) is 2.71. The molecule has 0 saturated carbocycles. The zero-order valence-corrected chi connectivity index (χ0v) is 14.1. The van der Waals surface area contributed by atoms with Crippen molar-refractivity contribution in [1.82, 2.24) is 5.32 Å². The third kappa shape index (κ3) is 4.54. The zero-order chi connectivity index (χ0) is 16.4. The summed E-state index contributed by atoms with van der Waals surface area (Å²) in [5, 5.41) is 8.04. The van der Waals surface area contributed by atoms with E-state index in [-0.39, 0.29) is 16.2 Å². The Kier molecular flexibility index (Phi) is 5.17. The highest BCUT2D eigenvalue weighted by Gasteiger charge is 2.20. The molecule has 0 radical (unpaired) electrons. The van der Waals surface area contributed by atoms with Crippen LogP contribution < -0.4 is 10.5 Å². The highest BCUT2D eigenvalue weighted by molar-refractivity contribution is 7.89. The molecule has 0 aliphatic heterocycles. The number of rotatable bonds is 5. The van der Waals surface area contributed by atoms with Gasteiger partial charge in [-0.05, 0) is 42.9 Å². The molecule has 1 amide bonds. The van der Waals surface area contributed by atoms with Crippen molar-refractivity contribution in [3.8, 4) is 0 Å². The van der Waals surface area contributed by atoms with E-state index < -0.39 is 10.0 Å². The number of primary sulfonamides is 1. The van der Waals surface area contributed by atoms with Crippen molar-refractivity contribution >= 4 is 15.9 Å². The van der Waals surface area contributed by atoms with Crippen molar-refractivity contribution in [3.63, 3.8) is 0 Å². The molecule has 0 aromatic heterocycles. The van der Waals surface area contributed by atoms with Gasteiger partial charge in [0.05, 0.1) is 4.90 Å². The Balaban J connectivity index is 3.11. The fourth-order valence-electron chi connectivity index (χ4n) is 1.92. The number of amides is 1. The van der Waals surface area contributed by atoms with Gasteiger partial charge in [0.25, 0.3) is 5.91 Å². The Morgan fingerprint density at radius 2 is 1.81 bits per heavy atom. The maximum absolute atomic E-state index is 12.3. The lowest BCUT2D eigenvalue weighted by molar-refractivity contribution is 0.0935. The van der Waals surface area contributed by atoms with E-state index in [4.69, 9.17) is 5.14 Å². The lowest BCUT2D eigenvalue weighted by atomic mass is 9.90. The van der Waals surface area contributed by atoms with Gasteiger partial charge in [-0.25, -0.2) is 13.6 Å². The molecule has 0 fully saturated rings. The average Bonchev–Trinajstić information content (AvgIpc) is 2.34. The molecule has 118 valence electrons. The summed E-state index contributed by atoms with van der Waals surface area (Å²) >= 11 is 0. The van der Waals surface area contributed by atoms with E-state index in [2.05, 4.69) is 26.1 Å². The summed E-state index contributed by atoms with van der Waals surface area (Å²) in [5.74, 6) is -0.279. The molecule has 1 aromatic rings. The summed E-state index contributed by atoms with van der Waals surface area (Å²) in [6.45, 7) is 10.1. The molecule has 0 aliphatic rings. The van der Waals surface area contributed by atoms with Gasteiger partial charge in [-0.2, -0.15) is 0 Å². The van der Waals surface area contributed by atoms with E-state index in [9.17, 15) is 13.2 Å². The van der Waals surface area contributed by atoms with Crippen LogP contribution in [0.3, 0.4) is 0 Å². The maximum Gasteiger partial charge on any atom is 0.251 e. The van der Waals surface area contributed by atoms with Gasteiger partial charge >= 0.3 is 0 Å². The average molecular weight is 312 g/mol. The Labute approximate surface area is 127 Å². The van der Waals surface area contributed by atoms with Crippen LogP contribution >= 0.6 is 0 Å². The summed E-state index contributed by atoms with van der Waals surface area (Å²) in [5.41, 5.74) is 1.61. The maximum atomic E-state index is 12.3. The largest absolute Gasteiger partial charge is 0.351 e. The molecule has 6 heteroatoms. The van der Waals surface area contributed by atoms with Crippen molar-refractivity contribution in [1.29, 1.82) is 0 Å². The summed E-state index contributed by atoms with van der Waals surface area (Å²) in [6.07, 6.45) is 0.933. The van der Waals surface area contributed by atoms with Crippen LogP contribution in [0.4, 0.5) is 0 Å². The molecule has 3 N–H and O–H groups in total. The summed E-state index contributed by atoms with van der Waals surface area (Å²) in [7, 11) is -3.83. The van der Waals surface area contributed by atoms with Gasteiger partial charge in [0, 0.05) is 12.1 Å². The molecule has 1 rings (SSSR count). The molecule has 0 atom stereocenters. The molecule has 0 bridgehead atoms. The van der Waals surface area contributed by atoms with Crippen LogP contribution in [0.5, 0.6) is 0 Å². The van der Waals surface area contributed by atoms with Crippen LogP contribution in [-0.4, -0.2) is 20.9 Å². The first-order valence-corrected chi connectivity index (χ1v) is 8.45. The molecule has 0 unspecified atom stereocenters. The molecule has 5 nitrogen and oxygen atoms in total. The Hall–Kier alpha value is -1.40. The quantitative estimate of drug-likeness (QED) is 0.872. The van der Waals surface area contributed by atoms with Crippen LogP contribution in [0.2, 0.25) is 0 Å². The van der Waals surface area contributed by atoms with E-state index in [1.54, 1.807) is 19.9 Å². The van der Waals surface area contributed by atoms with E-state index in [0.717, 1.165) is 12.0 Å². The highest BCUT2D eigenvalue weighted by atomic mass is 32.2. The van der Waals surface area contributed by atoms with Crippen molar-refractivity contribution in [3.05, 3.63) is 28.8 Å². The lowest BCUT2D eigenvalue weighted by Gasteiger charge is -2.23. The number of aryl methyl sites for hydroxylation is 2. The number of nitrogens with one attached hydrogen (secondary N) is 1. The molecule has 0 heterocycles. The van der Waals surface area contributed by atoms with Crippen LogP contribution in [-0.2, 0) is 10.0 Å². The van der Waals surface area contributed by atoms with Gasteiger partial charge in [-0.1, -0.05) is 26.8 Å². The van der Waals surface area contributed by atoms with E-state index in [0.29, 0.717) is 17.7 Å². The number of sulfonamides is 1. The molecule has 1 aromatic carbocycles. The second-order valence-corrected chi connectivity index (χ2v) is 7.71. The molecule has 21 heavy (non-hydrogen) atoms. The summed E-state index contributed by atoms with van der Waals surface area (Å²) in [6, 6.07) is 3.02. The highest BCUT2D eigenvalue weighted by Crippen LogP contribution is 2.21. The first kappa shape index (κ1) is 17.7. The smallest absolute Gasteiger partial charge is 0.251 e. The van der Waals surface area contributed by atoms with Crippen molar-refractivity contribution in [2.45, 2.75) is 45.9 Å². The molecule has 0 spiro atoms. The Morgan fingerprint density at radius 3 is 2.29 bits per heavy atom.